The average molecular weight is 391 g/mol. The molecule has 0 saturated heterocycles. The maximum absolute atomic E-state index is 11.9. The van der Waals surface area contributed by atoms with E-state index in [0.29, 0.717) is 17.3 Å². The number of carbonyl (C=O) groups is 2. The fourth-order valence-electron chi connectivity index (χ4n) is 1.96. The molecule has 6 heteroatoms. The van der Waals surface area contributed by atoms with Crippen molar-refractivity contribution in [3.8, 4) is 0 Å². The van der Waals surface area contributed by atoms with Gasteiger partial charge in [0.2, 0.25) is 5.91 Å². The fourth-order valence-corrected chi connectivity index (χ4v) is 3.29. The van der Waals surface area contributed by atoms with Crippen LogP contribution in [0.3, 0.4) is 0 Å². The number of hydrogen-bond donors (Lipinski definition) is 2. The van der Waals surface area contributed by atoms with Crippen LogP contribution in [0.15, 0.2) is 46.3 Å². The van der Waals surface area contributed by atoms with Crippen LogP contribution in [0.2, 0.25) is 0 Å². The second-order valence-electron chi connectivity index (χ2n) is 5.29. The molecule has 1 aromatic heterocycles. The number of rotatable bonds is 5. The van der Waals surface area contributed by atoms with Crippen LogP contribution in [0, 0.1) is 0 Å². The Morgan fingerprint density at radius 3 is 2.48 bits per heavy atom. The van der Waals surface area contributed by atoms with Gasteiger partial charge in [-0.15, -0.1) is 11.3 Å². The van der Waals surface area contributed by atoms with E-state index in [0.717, 1.165) is 21.5 Å². The first-order valence-corrected chi connectivity index (χ1v) is 8.86. The molecular formula is C17H15BrN2O2S. The number of carbonyl (C=O) groups excluding carboxylic acids is 2. The Labute approximate surface area is 146 Å². The maximum Gasteiger partial charge on any atom is 0.251 e. The van der Waals surface area contributed by atoms with Crippen molar-refractivity contribution in [2.24, 2.45) is 0 Å². The average Bonchev–Trinajstić information content (AvgIpc) is 3.25. The lowest BCUT2D eigenvalue weighted by Gasteiger charge is -2.05. The van der Waals surface area contributed by atoms with E-state index >= 15 is 0 Å². The standard InChI is InChI=1S/C17H15BrN2O2S/c18-15-9-7-14(23-15)8-10-16(21)19-12-3-1-11(2-4-12)17(22)20-13-5-6-13/h1-4,7-10,13H,5-6H2,(H,19,21)(H,20,22). The van der Waals surface area contributed by atoms with Crippen LogP contribution >= 0.6 is 27.3 Å². The third kappa shape index (κ3) is 4.77. The molecule has 0 bridgehead atoms. The quantitative estimate of drug-likeness (QED) is 0.756. The van der Waals surface area contributed by atoms with Gasteiger partial charge in [0.25, 0.3) is 5.91 Å². The first kappa shape index (κ1) is 16.0. The monoisotopic (exact) mass is 390 g/mol. The van der Waals surface area contributed by atoms with Crippen molar-refractivity contribution in [2.45, 2.75) is 18.9 Å². The summed E-state index contributed by atoms with van der Waals surface area (Å²) in [4.78, 5) is 24.8. The van der Waals surface area contributed by atoms with Crippen molar-refractivity contribution in [1.29, 1.82) is 0 Å². The molecule has 3 rings (SSSR count). The highest BCUT2D eigenvalue weighted by Gasteiger charge is 2.23. The second-order valence-corrected chi connectivity index (χ2v) is 7.78. The summed E-state index contributed by atoms with van der Waals surface area (Å²) >= 11 is 4.94. The number of halogens is 1. The molecule has 1 saturated carbocycles. The Bertz CT molecular complexity index is 748. The van der Waals surface area contributed by atoms with Crippen molar-refractivity contribution in [2.75, 3.05) is 5.32 Å². The summed E-state index contributed by atoms with van der Waals surface area (Å²) < 4.78 is 1.03. The third-order valence-corrected chi connectivity index (χ3v) is 4.91. The zero-order valence-corrected chi connectivity index (χ0v) is 14.6. The van der Waals surface area contributed by atoms with Gasteiger partial charge in [-0.1, -0.05) is 0 Å². The predicted octanol–water partition coefficient (Wildman–Crippen LogP) is 4.05. The first-order valence-electron chi connectivity index (χ1n) is 7.25. The molecule has 118 valence electrons. The molecule has 1 aliphatic rings. The highest BCUT2D eigenvalue weighted by molar-refractivity contribution is 9.11. The van der Waals surface area contributed by atoms with E-state index < -0.39 is 0 Å². The van der Waals surface area contributed by atoms with Gasteiger partial charge in [0.05, 0.1) is 3.79 Å². The van der Waals surface area contributed by atoms with Crippen molar-refractivity contribution >= 4 is 50.8 Å². The second kappa shape index (κ2) is 7.10. The molecule has 0 aliphatic heterocycles. The van der Waals surface area contributed by atoms with E-state index in [1.807, 2.05) is 12.1 Å². The van der Waals surface area contributed by atoms with Gasteiger partial charge in [-0.2, -0.15) is 0 Å². The van der Waals surface area contributed by atoms with Gasteiger partial charge >= 0.3 is 0 Å². The zero-order chi connectivity index (χ0) is 16.2. The Morgan fingerprint density at radius 2 is 1.87 bits per heavy atom. The van der Waals surface area contributed by atoms with E-state index in [1.54, 1.807) is 41.7 Å². The first-order chi connectivity index (χ1) is 11.1. The number of anilines is 1. The number of thiophene rings is 1. The summed E-state index contributed by atoms with van der Waals surface area (Å²) in [6, 6.07) is 11.1. The molecule has 2 N–H and O–H groups in total. The third-order valence-electron chi connectivity index (χ3n) is 3.32. The van der Waals surface area contributed by atoms with Gasteiger partial charge in [0, 0.05) is 28.2 Å². The van der Waals surface area contributed by atoms with Gasteiger partial charge in [-0.3, -0.25) is 9.59 Å². The topological polar surface area (TPSA) is 58.2 Å². The van der Waals surface area contributed by atoms with E-state index in [4.69, 9.17) is 0 Å². The fraction of sp³-hybridized carbons (Fsp3) is 0.176. The Hall–Kier alpha value is -1.92. The molecule has 0 atom stereocenters. The predicted molar refractivity (Wildman–Crippen MR) is 96.6 cm³/mol. The highest BCUT2D eigenvalue weighted by atomic mass is 79.9. The Kier molecular flexibility index (Phi) is 4.93. The SMILES string of the molecule is O=C(C=Cc1ccc(Br)s1)Nc1ccc(C(=O)NC2CC2)cc1. The van der Waals surface area contributed by atoms with Crippen LogP contribution < -0.4 is 10.6 Å². The molecule has 1 heterocycles. The van der Waals surface area contributed by atoms with Gasteiger partial charge in [0.1, 0.15) is 0 Å². The molecular weight excluding hydrogens is 376 g/mol. The summed E-state index contributed by atoms with van der Waals surface area (Å²) in [6.45, 7) is 0. The van der Waals surface area contributed by atoms with Crippen LogP contribution in [0.25, 0.3) is 6.08 Å². The van der Waals surface area contributed by atoms with Crippen LogP contribution in [0.4, 0.5) is 5.69 Å². The Balaban J connectivity index is 1.55. The molecule has 1 aliphatic carbocycles. The van der Waals surface area contributed by atoms with Crippen molar-refractivity contribution in [3.05, 3.63) is 56.7 Å². The molecule has 0 spiro atoms. The van der Waals surface area contributed by atoms with Crippen LogP contribution in [0.5, 0.6) is 0 Å². The lowest BCUT2D eigenvalue weighted by molar-refractivity contribution is -0.111. The maximum atomic E-state index is 11.9. The van der Waals surface area contributed by atoms with Gasteiger partial charge in [-0.05, 0) is 71.2 Å². The van der Waals surface area contributed by atoms with E-state index in [9.17, 15) is 9.59 Å². The molecule has 23 heavy (non-hydrogen) atoms. The number of hydrogen-bond acceptors (Lipinski definition) is 3. The minimum atomic E-state index is -0.204. The van der Waals surface area contributed by atoms with Gasteiger partial charge in [0.15, 0.2) is 0 Å². The summed E-state index contributed by atoms with van der Waals surface area (Å²) in [5.74, 6) is -0.266. The van der Waals surface area contributed by atoms with E-state index in [2.05, 4.69) is 26.6 Å². The van der Waals surface area contributed by atoms with Crippen LogP contribution in [-0.2, 0) is 4.79 Å². The largest absolute Gasteiger partial charge is 0.349 e. The minimum Gasteiger partial charge on any atom is -0.349 e. The van der Waals surface area contributed by atoms with Crippen molar-refractivity contribution < 1.29 is 9.59 Å². The summed E-state index contributed by atoms with van der Waals surface area (Å²) in [6.07, 6.45) is 5.38. The molecule has 1 fully saturated rings. The van der Waals surface area contributed by atoms with Crippen LogP contribution in [0.1, 0.15) is 28.1 Å². The van der Waals surface area contributed by atoms with Crippen molar-refractivity contribution in [3.63, 3.8) is 0 Å². The summed E-state index contributed by atoms with van der Waals surface area (Å²) in [5.41, 5.74) is 1.27. The molecule has 2 amide bonds. The lowest BCUT2D eigenvalue weighted by Crippen LogP contribution is -2.25. The van der Waals surface area contributed by atoms with E-state index in [-0.39, 0.29) is 11.8 Å². The van der Waals surface area contributed by atoms with E-state index in [1.165, 1.54) is 6.08 Å². The smallest absolute Gasteiger partial charge is 0.251 e. The van der Waals surface area contributed by atoms with Crippen molar-refractivity contribution in [1.82, 2.24) is 5.32 Å². The lowest BCUT2D eigenvalue weighted by atomic mass is 10.2. The number of benzene rings is 1. The van der Waals surface area contributed by atoms with Gasteiger partial charge in [-0.25, -0.2) is 0 Å². The van der Waals surface area contributed by atoms with Crippen LogP contribution in [-0.4, -0.2) is 17.9 Å². The molecule has 4 nitrogen and oxygen atoms in total. The molecule has 0 unspecified atom stereocenters. The number of amides is 2. The molecule has 2 aromatic rings. The molecule has 0 radical (unpaired) electrons. The Morgan fingerprint density at radius 1 is 1.13 bits per heavy atom. The normalized spacial score (nSPS) is 14.0. The van der Waals surface area contributed by atoms with Gasteiger partial charge < -0.3 is 10.6 Å². The summed E-state index contributed by atoms with van der Waals surface area (Å²) in [7, 11) is 0. The zero-order valence-electron chi connectivity index (χ0n) is 12.2. The number of nitrogens with one attached hydrogen (secondary N) is 2. The minimum absolute atomic E-state index is 0.0615. The molecule has 1 aromatic carbocycles. The summed E-state index contributed by atoms with van der Waals surface area (Å²) in [5, 5.41) is 5.70. The highest BCUT2D eigenvalue weighted by Crippen LogP contribution is 2.23.